The fourth-order valence-electron chi connectivity index (χ4n) is 2.80. The number of likely N-dealkylation sites (N-methyl/N-ethyl adjacent to an activating group) is 1. The first kappa shape index (κ1) is 13.7. The predicted molar refractivity (Wildman–Crippen MR) is 88.5 cm³/mol. The van der Waals surface area contributed by atoms with Crippen LogP contribution in [-0.4, -0.2) is 57.7 Å². The number of hydrogen-bond acceptors (Lipinski definition) is 6. The molecule has 0 aromatic carbocycles. The van der Waals surface area contributed by atoms with Crippen LogP contribution in [0.4, 0.5) is 5.82 Å². The van der Waals surface area contributed by atoms with E-state index in [4.69, 9.17) is 4.98 Å². The van der Waals surface area contributed by atoms with Crippen molar-refractivity contribution in [2.45, 2.75) is 6.92 Å². The van der Waals surface area contributed by atoms with Gasteiger partial charge in [0.25, 0.3) is 0 Å². The van der Waals surface area contributed by atoms with Crippen LogP contribution < -0.4 is 4.90 Å². The van der Waals surface area contributed by atoms with E-state index in [0.29, 0.717) is 0 Å². The average molecular weight is 314 g/mol. The van der Waals surface area contributed by atoms with Gasteiger partial charge < -0.3 is 9.80 Å². The Labute approximate surface area is 133 Å². The van der Waals surface area contributed by atoms with E-state index >= 15 is 0 Å². The molecule has 0 atom stereocenters. The molecule has 4 rings (SSSR count). The fourth-order valence-corrected chi connectivity index (χ4v) is 3.52. The Balaban J connectivity index is 1.82. The molecule has 0 unspecified atom stereocenters. The summed E-state index contributed by atoms with van der Waals surface area (Å²) in [5, 5.41) is 6.64. The maximum absolute atomic E-state index is 4.72. The van der Waals surface area contributed by atoms with Crippen LogP contribution in [0.5, 0.6) is 0 Å². The van der Waals surface area contributed by atoms with Crippen molar-refractivity contribution in [2.75, 3.05) is 38.1 Å². The average Bonchev–Trinajstić information content (AvgIpc) is 3.15. The molecule has 1 aliphatic heterocycles. The zero-order valence-electron chi connectivity index (χ0n) is 12.7. The first-order chi connectivity index (χ1) is 10.7. The van der Waals surface area contributed by atoms with Crippen molar-refractivity contribution < 1.29 is 0 Å². The Hall–Kier alpha value is -1.99. The highest BCUT2D eigenvalue weighted by Gasteiger charge is 2.21. The largest absolute Gasteiger partial charge is 0.351 e. The normalized spacial score (nSPS) is 16.5. The van der Waals surface area contributed by atoms with Gasteiger partial charge in [0, 0.05) is 26.2 Å². The van der Waals surface area contributed by atoms with Crippen molar-refractivity contribution in [3.63, 3.8) is 0 Å². The highest BCUT2D eigenvalue weighted by molar-refractivity contribution is 7.13. The summed E-state index contributed by atoms with van der Waals surface area (Å²) in [7, 11) is 2.15. The molecule has 0 spiro atoms. The van der Waals surface area contributed by atoms with Crippen molar-refractivity contribution in [1.29, 1.82) is 0 Å². The molecule has 1 fully saturated rings. The van der Waals surface area contributed by atoms with Gasteiger partial charge in [-0.2, -0.15) is 5.10 Å². The third-order valence-corrected chi connectivity index (χ3v) is 4.92. The molecule has 0 saturated carbocycles. The molecule has 3 aromatic heterocycles. The monoisotopic (exact) mass is 314 g/mol. The summed E-state index contributed by atoms with van der Waals surface area (Å²) in [4.78, 5) is 15.1. The maximum atomic E-state index is 4.72. The molecule has 22 heavy (non-hydrogen) atoms. The Bertz CT molecular complexity index is 786. The van der Waals surface area contributed by atoms with E-state index in [1.165, 1.54) is 0 Å². The van der Waals surface area contributed by atoms with Crippen LogP contribution in [0.3, 0.4) is 0 Å². The highest BCUT2D eigenvalue weighted by Crippen LogP contribution is 2.28. The van der Waals surface area contributed by atoms with Crippen LogP contribution in [0.2, 0.25) is 0 Å². The quantitative estimate of drug-likeness (QED) is 0.723. The smallest absolute Gasteiger partial charge is 0.199 e. The van der Waals surface area contributed by atoms with E-state index in [0.717, 1.165) is 54.0 Å². The summed E-state index contributed by atoms with van der Waals surface area (Å²) in [6, 6.07) is 4.14. The lowest BCUT2D eigenvalue weighted by molar-refractivity contribution is 0.312. The fraction of sp³-hybridized carbons (Fsp3) is 0.400. The molecule has 0 radical (unpaired) electrons. The summed E-state index contributed by atoms with van der Waals surface area (Å²) < 4.78 is 1.93. The summed E-state index contributed by atoms with van der Waals surface area (Å²) in [6.45, 7) is 5.98. The van der Waals surface area contributed by atoms with Crippen LogP contribution in [0.1, 0.15) is 5.82 Å². The molecule has 0 N–H and O–H groups in total. The van der Waals surface area contributed by atoms with Crippen molar-refractivity contribution in [2.24, 2.45) is 0 Å². The Morgan fingerprint density at radius 2 is 2.00 bits per heavy atom. The Kier molecular flexibility index (Phi) is 3.31. The van der Waals surface area contributed by atoms with Crippen LogP contribution >= 0.6 is 11.3 Å². The Morgan fingerprint density at radius 3 is 2.73 bits per heavy atom. The first-order valence-electron chi connectivity index (χ1n) is 7.42. The minimum absolute atomic E-state index is 0.779. The topological polar surface area (TPSA) is 49.6 Å². The number of fused-ring (bicyclic) bond motifs is 1. The zero-order chi connectivity index (χ0) is 15.1. The SMILES string of the molecule is Cc1nc2c(N3CCN(C)CC3)ncc(-c3cccs3)n2n1. The van der Waals surface area contributed by atoms with Crippen LogP contribution in [0.25, 0.3) is 16.2 Å². The first-order valence-corrected chi connectivity index (χ1v) is 8.30. The van der Waals surface area contributed by atoms with Gasteiger partial charge in [0.15, 0.2) is 11.5 Å². The molecule has 1 saturated heterocycles. The van der Waals surface area contributed by atoms with Crippen LogP contribution in [0, 0.1) is 6.92 Å². The number of anilines is 1. The zero-order valence-corrected chi connectivity index (χ0v) is 13.5. The second-order valence-corrected chi connectivity index (χ2v) is 6.58. The highest BCUT2D eigenvalue weighted by atomic mass is 32.1. The number of rotatable bonds is 2. The van der Waals surface area contributed by atoms with Crippen LogP contribution in [-0.2, 0) is 0 Å². The van der Waals surface area contributed by atoms with Crippen molar-refractivity contribution in [3.05, 3.63) is 29.5 Å². The van der Waals surface area contributed by atoms with Crippen molar-refractivity contribution in [1.82, 2.24) is 24.5 Å². The van der Waals surface area contributed by atoms with E-state index in [1.54, 1.807) is 11.3 Å². The molecular formula is C15H18N6S. The molecule has 7 heteroatoms. The van der Waals surface area contributed by atoms with Crippen molar-refractivity contribution >= 4 is 22.8 Å². The van der Waals surface area contributed by atoms with Gasteiger partial charge in [-0.1, -0.05) is 6.07 Å². The Morgan fingerprint density at radius 1 is 1.18 bits per heavy atom. The third-order valence-electron chi connectivity index (χ3n) is 4.03. The number of nitrogens with zero attached hydrogens (tertiary/aromatic N) is 6. The van der Waals surface area contributed by atoms with Gasteiger partial charge in [0.1, 0.15) is 11.5 Å². The number of piperazine rings is 1. The molecule has 6 nitrogen and oxygen atoms in total. The minimum Gasteiger partial charge on any atom is -0.351 e. The van der Waals surface area contributed by atoms with E-state index < -0.39 is 0 Å². The summed E-state index contributed by atoms with van der Waals surface area (Å²) in [6.07, 6.45) is 1.92. The number of aryl methyl sites for hydroxylation is 1. The van der Waals surface area contributed by atoms with Gasteiger partial charge in [-0.25, -0.2) is 14.5 Å². The molecule has 1 aliphatic rings. The molecule has 0 bridgehead atoms. The van der Waals surface area contributed by atoms with E-state index in [1.807, 2.05) is 23.7 Å². The summed E-state index contributed by atoms with van der Waals surface area (Å²) in [5.74, 6) is 1.72. The van der Waals surface area contributed by atoms with Gasteiger partial charge in [0.05, 0.1) is 11.1 Å². The van der Waals surface area contributed by atoms with E-state index in [2.05, 4.69) is 38.4 Å². The van der Waals surface area contributed by atoms with Crippen LogP contribution in [0.15, 0.2) is 23.7 Å². The summed E-state index contributed by atoms with van der Waals surface area (Å²) >= 11 is 1.69. The molecule has 4 heterocycles. The predicted octanol–water partition coefficient (Wildman–Crippen LogP) is 1.91. The van der Waals surface area contributed by atoms with Gasteiger partial charge in [-0.3, -0.25) is 0 Å². The second kappa shape index (κ2) is 5.33. The van der Waals surface area contributed by atoms with Gasteiger partial charge >= 0.3 is 0 Å². The molecule has 3 aromatic rings. The second-order valence-electron chi connectivity index (χ2n) is 5.63. The van der Waals surface area contributed by atoms with E-state index in [-0.39, 0.29) is 0 Å². The lowest BCUT2D eigenvalue weighted by Gasteiger charge is -2.33. The third kappa shape index (κ3) is 2.26. The lowest BCUT2D eigenvalue weighted by atomic mass is 10.3. The number of thiophene rings is 1. The van der Waals surface area contributed by atoms with E-state index in [9.17, 15) is 0 Å². The number of hydrogen-bond donors (Lipinski definition) is 0. The minimum atomic E-state index is 0.779. The van der Waals surface area contributed by atoms with Gasteiger partial charge in [0.2, 0.25) is 0 Å². The lowest BCUT2D eigenvalue weighted by Crippen LogP contribution is -2.45. The molecular weight excluding hydrogens is 296 g/mol. The molecule has 0 amide bonds. The van der Waals surface area contributed by atoms with Gasteiger partial charge in [-0.05, 0) is 25.4 Å². The molecule has 114 valence electrons. The standard InChI is InChI=1S/C15H18N6S/c1-11-17-15-14(20-7-5-19(2)6-8-20)16-10-12(21(15)18-11)13-4-3-9-22-13/h3-4,9-10H,5-8H2,1-2H3. The maximum Gasteiger partial charge on any atom is 0.199 e. The summed E-state index contributed by atoms with van der Waals surface area (Å²) in [5.41, 5.74) is 1.86. The number of aromatic nitrogens is 4. The van der Waals surface area contributed by atoms with Gasteiger partial charge in [-0.15, -0.1) is 11.3 Å². The molecule has 0 aliphatic carbocycles. The van der Waals surface area contributed by atoms with Crippen molar-refractivity contribution in [3.8, 4) is 10.6 Å².